The normalized spacial score (nSPS) is 11.3. The lowest BCUT2D eigenvalue weighted by atomic mass is 9.99. The summed E-state index contributed by atoms with van der Waals surface area (Å²) in [4.78, 5) is 12.9. The summed E-state index contributed by atoms with van der Waals surface area (Å²) in [7, 11) is 3.19. The van der Waals surface area contributed by atoms with Gasteiger partial charge in [-0.25, -0.2) is 4.79 Å². The van der Waals surface area contributed by atoms with Gasteiger partial charge in [-0.2, -0.15) is 0 Å². The Labute approximate surface area is 168 Å². The molecule has 0 aliphatic heterocycles. The molecule has 0 radical (unpaired) electrons. The van der Waals surface area contributed by atoms with Crippen LogP contribution in [0.25, 0.3) is 38.6 Å². The molecular weight excluding hydrogens is 368 g/mol. The van der Waals surface area contributed by atoms with Crippen molar-refractivity contribution >= 4 is 38.6 Å². The SMILES string of the molecule is C=Cc1cc(OC)c2c(c1)c(=O)oc1c3cccc(OC(C)C)c3c(OC)cc12. The van der Waals surface area contributed by atoms with Crippen molar-refractivity contribution in [2.75, 3.05) is 14.2 Å². The topological polar surface area (TPSA) is 57.9 Å². The highest BCUT2D eigenvalue weighted by atomic mass is 16.5. The predicted molar refractivity (Wildman–Crippen MR) is 116 cm³/mol. The first kappa shape index (κ1) is 18.9. The van der Waals surface area contributed by atoms with E-state index in [1.54, 1.807) is 26.4 Å². The van der Waals surface area contributed by atoms with Crippen LogP contribution in [-0.4, -0.2) is 20.3 Å². The van der Waals surface area contributed by atoms with E-state index in [0.717, 1.165) is 21.7 Å². The van der Waals surface area contributed by atoms with Gasteiger partial charge < -0.3 is 18.6 Å². The molecule has 3 aromatic carbocycles. The first-order valence-corrected chi connectivity index (χ1v) is 9.35. The van der Waals surface area contributed by atoms with Crippen LogP contribution >= 0.6 is 0 Å². The van der Waals surface area contributed by atoms with E-state index in [0.29, 0.717) is 33.6 Å². The highest BCUT2D eigenvalue weighted by Gasteiger charge is 2.20. The van der Waals surface area contributed by atoms with Crippen molar-refractivity contribution in [1.29, 1.82) is 0 Å². The summed E-state index contributed by atoms with van der Waals surface area (Å²) in [5.41, 5.74) is 0.815. The van der Waals surface area contributed by atoms with Crippen LogP contribution in [0.4, 0.5) is 0 Å². The monoisotopic (exact) mass is 390 g/mol. The molecule has 29 heavy (non-hydrogen) atoms. The maximum absolute atomic E-state index is 12.9. The molecule has 0 N–H and O–H groups in total. The average molecular weight is 390 g/mol. The van der Waals surface area contributed by atoms with Gasteiger partial charge in [0.25, 0.3) is 0 Å². The zero-order valence-electron chi connectivity index (χ0n) is 16.9. The van der Waals surface area contributed by atoms with Gasteiger partial charge in [0.05, 0.1) is 31.1 Å². The van der Waals surface area contributed by atoms with Crippen molar-refractivity contribution in [1.82, 2.24) is 0 Å². The first-order valence-electron chi connectivity index (χ1n) is 9.35. The van der Waals surface area contributed by atoms with Gasteiger partial charge in [0.15, 0.2) is 0 Å². The zero-order valence-corrected chi connectivity index (χ0v) is 16.9. The fourth-order valence-corrected chi connectivity index (χ4v) is 3.70. The minimum atomic E-state index is -0.434. The summed E-state index contributed by atoms with van der Waals surface area (Å²) in [5.74, 6) is 1.88. The van der Waals surface area contributed by atoms with Crippen LogP contribution in [-0.2, 0) is 0 Å². The summed E-state index contributed by atoms with van der Waals surface area (Å²) in [6, 6.07) is 11.1. The van der Waals surface area contributed by atoms with E-state index in [2.05, 4.69) is 6.58 Å². The van der Waals surface area contributed by atoms with Gasteiger partial charge >= 0.3 is 5.63 Å². The van der Waals surface area contributed by atoms with Crippen molar-refractivity contribution in [2.45, 2.75) is 20.0 Å². The van der Waals surface area contributed by atoms with Crippen molar-refractivity contribution < 1.29 is 18.6 Å². The molecule has 1 aromatic heterocycles. The molecule has 0 saturated carbocycles. The lowest BCUT2D eigenvalue weighted by Crippen LogP contribution is -2.06. The number of ether oxygens (including phenoxy) is 3. The standard InChI is InChI=1S/C24H22O5/c1-6-14-10-17-21(19(11-14)26-4)16-12-20(27-5)22-15(23(16)29-24(17)25)8-7-9-18(22)28-13(2)3/h6-13H,1H2,2-5H3. The second kappa shape index (κ2) is 7.17. The van der Waals surface area contributed by atoms with Crippen LogP contribution in [0.15, 0.2) is 52.2 Å². The molecule has 4 rings (SSSR count). The van der Waals surface area contributed by atoms with Crippen LogP contribution in [0.5, 0.6) is 17.2 Å². The Morgan fingerprint density at radius 2 is 1.66 bits per heavy atom. The number of fused-ring (bicyclic) bond motifs is 5. The molecule has 0 saturated heterocycles. The highest BCUT2D eigenvalue weighted by Crippen LogP contribution is 2.42. The number of hydrogen-bond donors (Lipinski definition) is 0. The highest BCUT2D eigenvalue weighted by molar-refractivity contribution is 6.18. The molecule has 0 amide bonds. The molecule has 4 aromatic rings. The van der Waals surface area contributed by atoms with Crippen molar-refractivity contribution in [2.24, 2.45) is 0 Å². The van der Waals surface area contributed by atoms with E-state index < -0.39 is 5.63 Å². The molecule has 0 fully saturated rings. The Morgan fingerprint density at radius 1 is 0.931 bits per heavy atom. The van der Waals surface area contributed by atoms with E-state index in [1.165, 1.54) is 0 Å². The second-order valence-electron chi connectivity index (χ2n) is 7.04. The van der Waals surface area contributed by atoms with E-state index in [9.17, 15) is 4.79 Å². The summed E-state index contributed by atoms with van der Waals surface area (Å²) in [5, 5.41) is 3.35. The molecule has 148 valence electrons. The van der Waals surface area contributed by atoms with Crippen LogP contribution in [0, 0.1) is 0 Å². The molecule has 0 aliphatic carbocycles. The number of benzene rings is 3. The van der Waals surface area contributed by atoms with E-state index >= 15 is 0 Å². The van der Waals surface area contributed by atoms with Gasteiger partial charge in [-0.15, -0.1) is 0 Å². The van der Waals surface area contributed by atoms with Crippen LogP contribution < -0.4 is 19.8 Å². The van der Waals surface area contributed by atoms with Crippen molar-refractivity contribution in [3.8, 4) is 17.2 Å². The molecule has 1 heterocycles. The van der Waals surface area contributed by atoms with Gasteiger partial charge in [-0.1, -0.05) is 24.8 Å². The summed E-state index contributed by atoms with van der Waals surface area (Å²) < 4.78 is 23.1. The van der Waals surface area contributed by atoms with E-state index in [-0.39, 0.29) is 6.10 Å². The maximum Gasteiger partial charge on any atom is 0.344 e. The molecule has 0 unspecified atom stereocenters. The lowest BCUT2D eigenvalue weighted by molar-refractivity contribution is 0.245. The zero-order chi connectivity index (χ0) is 20.7. The third-order valence-corrected chi connectivity index (χ3v) is 4.88. The molecule has 0 aliphatic rings. The summed E-state index contributed by atoms with van der Waals surface area (Å²) in [6.07, 6.45) is 1.66. The number of hydrogen-bond acceptors (Lipinski definition) is 5. The maximum atomic E-state index is 12.9. The third-order valence-electron chi connectivity index (χ3n) is 4.88. The minimum Gasteiger partial charge on any atom is -0.496 e. The van der Waals surface area contributed by atoms with Crippen LogP contribution in [0.3, 0.4) is 0 Å². The molecule has 5 nitrogen and oxygen atoms in total. The number of rotatable bonds is 5. The van der Waals surface area contributed by atoms with E-state index in [1.807, 2.05) is 44.2 Å². The molecular formula is C24H22O5. The summed E-state index contributed by atoms with van der Waals surface area (Å²) in [6.45, 7) is 7.71. The van der Waals surface area contributed by atoms with Crippen LogP contribution in [0.1, 0.15) is 19.4 Å². The third kappa shape index (κ3) is 2.99. The van der Waals surface area contributed by atoms with Crippen molar-refractivity contribution in [3.05, 3.63) is 59.0 Å². The Hall–Kier alpha value is -3.47. The smallest absolute Gasteiger partial charge is 0.344 e. The average Bonchev–Trinajstić information content (AvgIpc) is 2.72. The quantitative estimate of drug-likeness (QED) is 0.330. The minimum absolute atomic E-state index is 0.0120. The predicted octanol–water partition coefficient (Wildman–Crippen LogP) is 5.55. The molecule has 0 spiro atoms. The Morgan fingerprint density at radius 3 is 2.31 bits per heavy atom. The van der Waals surface area contributed by atoms with Gasteiger partial charge in [0.2, 0.25) is 0 Å². The first-order chi connectivity index (χ1) is 14.0. The van der Waals surface area contributed by atoms with Gasteiger partial charge in [0, 0.05) is 16.2 Å². The lowest BCUT2D eigenvalue weighted by Gasteiger charge is -2.17. The largest absolute Gasteiger partial charge is 0.496 e. The Bertz CT molecular complexity index is 1310. The fraction of sp³-hybridized carbons (Fsp3) is 0.208. The molecule has 0 atom stereocenters. The molecule has 0 bridgehead atoms. The number of methoxy groups -OCH3 is 2. The Kier molecular flexibility index (Phi) is 4.66. The van der Waals surface area contributed by atoms with Gasteiger partial charge in [-0.05, 0) is 43.7 Å². The fourth-order valence-electron chi connectivity index (χ4n) is 3.70. The molecule has 5 heteroatoms. The Balaban J connectivity index is 2.24. The van der Waals surface area contributed by atoms with Crippen molar-refractivity contribution in [3.63, 3.8) is 0 Å². The van der Waals surface area contributed by atoms with Gasteiger partial charge in [0.1, 0.15) is 22.8 Å². The van der Waals surface area contributed by atoms with E-state index in [4.69, 9.17) is 18.6 Å². The summed E-state index contributed by atoms with van der Waals surface area (Å²) >= 11 is 0. The van der Waals surface area contributed by atoms with Crippen LogP contribution in [0.2, 0.25) is 0 Å². The van der Waals surface area contributed by atoms with Gasteiger partial charge in [-0.3, -0.25) is 0 Å². The second-order valence-corrected chi connectivity index (χ2v) is 7.04.